The van der Waals surface area contributed by atoms with Crippen molar-refractivity contribution >= 4 is 5.82 Å². The SMILES string of the molecule is CNc1ccnc(Cc2ccc(OC)c(OC)c2)n1. The monoisotopic (exact) mass is 259 g/mol. The number of rotatable bonds is 5. The molecule has 1 aromatic heterocycles. The average molecular weight is 259 g/mol. The van der Waals surface area contributed by atoms with Gasteiger partial charge in [-0.1, -0.05) is 6.07 Å². The summed E-state index contributed by atoms with van der Waals surface area (Å²) in [5.41, 5.74) is 1.07. The minimum absolute atomic E-state index is 0.649. The molecule has 1 N–H and O–H groups in total. The second-order valence-electron chi connectivity index (χ2n) is 3.97. The summed E-state index contributed by atoms with van der Waals surface area (Å²) in [7, 11) is 5.08. The Labute approximate surface area is 112 Å². The van der Waals surface area contributed by atoms with E-state index < -0.39 is 0 Å². The molecule has 2 rings (SSSR count). The van der Waals surface area contributed by atoms with Crippen molar-refractivity contribution in [2.45, 2.75) is 6.42 Å². The Hall–Kier alpha value is -2.30. The molecular weight excluding hydrogens is 242 g/mol. The van der Waals surface area contributed by atoms with E-state index in [4.69, 9.17) is 9.47 Å². The van der Waals surface area contributed by atoms with E-state index in [9.17, 15) is 0 Å². The van der Waals surface area contributed by atoms with E-state index in [0.717, 1.165) is 23.0 Å². The van der Waals surface area contributed by atoms with E-state index in [0.29, 0.717) is 12.2 Å². The van der Waals surface area contributed by atoms with Gasteiger partial charge in [-0.3, -0.25) is 0 Å². The summed E-state index contributed by atoms with van der Waals surface area (Å²) < 4.78 is 10.5. The van der Waals surface area contributed by atoms with Crippen molar-refractivity contribution in [1.82, 2.24) is 9.97 Å². The highest BCUT2D eigenvalue weighted by Gasteiger charge is 2.06. The molecule has 0 aliphatic rings. The van der Waals surface area contributed by atoms with Crippen molar-refractivity contribution in [3.05, 3.63) is 41.9 Å². The maximum absolute atomic E-state index is 5.28. The van der Waals surface area contributed by atoms with Crippen molar-refractivity contribution in [2.24, 2.45) is 0 Å². The molecule has 5 nitrogen and oxygen atoms in total. The maximum Gasteiger partial charge on any atom is 0.161 e. The summed E-state index contributed by atoms with van der Waals surface area (Å²) in [4.78, 5) is 8.65. The largest absolute Gasteiger partial charge is 0.493 e. The normalized spacial score (nSPS) is 10.1. The summed E-state index contributed by atoms with van der Waals surface area (Å²) in [6, 6.07) is 7.64. The first kappa shape index (κ1) is 13.1. The van der Waals surface area contributed by atoms with E-state index in [1.807, 2.05) is 31.3 Å². The fourth-order valence-corrected chi connectivity index (χ4v) is 1.80. The molecule has 0 atom stereocenters. The Balaban J connectivity index is 2.22. The Kier molecular flexibility index (Phi) is 4.18. The number of nitrogens with one attached hydrogen (secondary N) is 1. The van der Waals surface area contributed by atoms with Crippen LogP contribution >= 0.6 is 0 Å². The second kappa shape index (κ2) is 6.04. The topological polar surface area (TPSA) is 56.3 Å². The van der Waals surface area contributed by atoms with Crippen LogP contribution in [0, 0.1) is 0 Å². The van der Waals surface area contributed by atoms with E-state index in [1.165, 1.54) is 0 Å². The third-order valence-corrected chi connectivity index (χ3v) is 2.77. The van der Waals surface area contributed by atoms with Gasteiger partial charge in [0.2, 0.25) is 0 Å². The summed E-state index contributed by atoms with van der Waals surface area (Å²) >= 11 is 0. The van der Waals surface area contributed by atoms with E-state index in [2.05, 4.69) is 15.3 Å². The predicted molar refractivity (Wildman–Crippen MR) is 73.9 cm³/mol. The van der Waals surface area contributed by atoms with Crippen LogP contribution in [-0.2, 0) is 6.42 Å². The lowest BCUT2D eigenvalue weighted by molar-refractivity contribution is 0.354. The van der Waals surface area contributed by atoms with Crippen LogP contribution in [0.1, 0.15) is 11.4 Å². The molecule has 0 amide bonds. The van der Waals surface area contributed by atoms with Gasteiger partial charge in [0.1, 0.15) is 11.6 Å². The summed E-state index contributed by atoms with van der Waals surface area (Å²) in [6.07, 6.45) is 2.39. The Bertz CT molecular complexity index is 558. The molecule has 0 bridgehead atoms. The Morgan fingerprint density at radius 2 is 1.89 bits per heavy atom. The molecule has 0 unspecified atom stereocenters. The molecule has 0 radical (unpaired) electrons. The fourth-order valence-electron chi connectivity index (χ4n) is 1.80. The van der Waals surface area contributed by atoms with E-state index in [-0.39, 0.29) is 0 Å². The highest BCUT2D eigenvalue weighted by Crippen LogP contribution is 2.28. The number of hydrogen-bond donors (Lipinski definition) is 1. The molecule has 2 aromatic rings. The van der Waals surface area contributed by atoms with Gasteiger partial charge in [-0.05, 0) is 23.8 Å². The van der Waals surface area contributed by atoms with Crippen LogP contribution in [0.3, 0.4) is 0 Å². The van der Waals surface area contributed by atoms with E-state index in [1.54, 1.807) is 20.4 Å². The van der Waals surface area contributed by atoms with Crippen molar-refractivity contribution in [1.29, 1.82) is 0 Å². The van der Waals surface area contributed by atoms with Gasteiger partial charge in [-0.25, -0.2) is 9.97 Å². The zero-order chi connectivity index (χ0) is 13.7. The summed E-state index contributed by atoms with van der Waals surface area (Å²) in [5, 5.41) is 3.00. The van der Waals surface area contributed by atoms with Crippen LogP contribution in [0.4, 0.5) is 5.82 Å². The lowest BCUT2D eigenvalue weighted by Gasteiger charge is -2.09. The third-order valence-electron chi connectivity index (χ3n) is 2.77. The number of nitrogens with zero attached hydrogens (tertiary/aromatic N) is 2. The first-order chi connectivity index (χ1) is 9.26. The van der Waals surface area contributed by atoms with Gasteiger partial charge in [-0.2, -0.15) is 0 Å². The lowest BCUT2D eigenvalue weighted by Crippen LogP contribution is -2.00. The van der Waals surface area contributed by atoms with Crippen LogP contribution in [0.5, 0.6) is 11.5 Å². The molecule has 0 fully saturated rings. The van der Waals surface area contributed by atoms with E-state index >= 15 is 0 Å². The van der Waals surface area contributed by atoms with Crippen molar-refractivity contribution in [3.8, 4) is 11.5 Å². The summed E-state index contributed by atoms with van der Waals surface area (Å²) in [5.74, 6) is 3.01. The highest BCUT2D eigenvalue weighted by molar-refractivity contribution is 5.43. The fraction of sp³-hybridized carbons (Fsp3) is 0.286. The quantitative estimate of drug-likeness (QED) is 0.891. The molecule has 0 saturated carbocycles. The molecule has 0 aliphatic heterocycles. The van der Waals surface area contributed by atoms with Crippen molar-refractivity contribution in [3.63, 3.8) is 0 Å². The molecule has 19 heavy (non-hydrogen) atoms. The van der Waals surface area contributed by atoms with Gasteiger partial charge >= 0.3 is 0 Å². The van der Waals surface area contributed by atoms with Gasteiger partial charge in [0.25, 0.3) is 0 Å². The van der Waals surface area contributed by atoms with Gasteiger partial charge < -0.3 is 14.8 Å². The number of benzene rings is 1. The summed E-state index contributed by atoms with van der Waals surface area (Å²) in [6.45, 7) is 0. The molecule has 1 heterocycles. The zero-order valence-corrected chi connectivity index (χ0v) is 11.3. The minimum atomic E-state index is 0.649. The number of hydrogen-bond acceptors (Lipinski definition) is 5. The Morgan fingerprint density at radius 3 is 2.58 bits per heavy atom. The molecule has 0 aliphatic carbocycles. The standard InChI is InChI=1S/C14H17N3O2/c1-15-13-6-7-16-14(17-13)9-10-4-5-11(18-2)12(8-10)19-3/h4-8H,9H2,1-3H3,(H,15,16,17). The van der Waals surface area contributed by atoms with Crippen molar-refractivity contribution < 1.29 is 9.47 Å². The van der Waals surface area contributed by atoms with Gasteiger partial charge in [0.15, 0.2) is 11.5 Å². The first-order valence-electron chi connectivity index (χ1n) is 5.97. The molecule has 1 aromatic carbocycles. The minimum Gasteiger partial charge on any atom is -0.493 e. The highest BCUT2D eigenvalue weighted by atomic mass is 16.5. The van der Waals surface area contributed by atoms with Crippen molar-refractivity contribution in [2.75, 3.05) is 26.6 Å². The molecule has 0 spiro atoms. The average Bonchev–Trinajstić information content (AvgIpc) is 2.47. The van der Waals surface area contributed by atoms with Crippen LogP contribution in [0.25, 0.3) is 0 Å². The second-order valence-corrected chi connectivity index (χ2v) is 3.97. The lowest BCUT2D eigenvalue weighted by atomic mass is 10.1. The number of anilines is 1. The molecular formula is C14H17N3O2. The first-order valence-corrected chi connectivity index (χ1v) is 5.97. The maximum atomic E-state index is 5.28. The smallest absolute Gasteiger partial charge is 0.161 e. The van der Waals surface area contributed by atoms with Gasteiger partial charge in [-0.15, -0.1) is 0 Å². The molecule has 5 heteroatoms. The van der Waals surface area contributed by atoms with Gasteiger partial charge in [0.05, 0.1) is 14.2 Å². The molecule has 100 valence electrons. The van der Waals surface area contributed by atoms with Gasteiger partial charge in [0, 0.05) is 19.7 Å². The van der Waals surface area contributed by atoms with Crippen LogP contribution in [0.15, 0.2) is 30.5 Å². The zero-order valence-electron chi connectivity index (χ0n) is 11.3. The van der Waals surface area contributed by atoms with Crippen LogP contribution in [0.2, 0.25) is 0 Å². The Morgan fingerprint density at radius 1 is 1.11 bits per heavy atom. The predicted octanol–water partition coefficient (Wildman–Crippen LogP) is 2.13. The number of methoxy groups -OCH3 is 2. The third kappa shape index (κ3) is 3.13. The van der Waals surface area contributed by atoms with Crippen LogP contribution in [-0.4, -0.2) is 31.2 Å². The molecule has 0 saturated heterocycles. The van der Waals surface area contributed by atoms with Crippen LogP contribution < -0.4 is 14.8 Å². The number of ether oxygens (including phenoxy) is 2. The number of aromatic nitrogens is 2.